The summed E-state index contributed by atoms with van der Waals surface area (Å²) >= 11 is 0. The number of carbonyl (C=O) groups excluding carboxylic acids is 1. The summed E-state index contributed by atoms with van der Waals surface area (Å²) < 4.78 is 11.9. The van der Waals surface area contributed by atoms with E-state index in [1.807, 2.05) is 80.6 Å². The first-order chi connectivity index (χ1) is 17.6. The van der Waals surface area contributed by atoms with Crippen molar-refractivity contribution < 1.29 is 14.3 Å². The van der Waals surface area contributed by atoms with Gasteiger partial charge in [0.1, 0.15) is 18.1 Å². The third-order valence-electron chi connectivity index (χ3n) is 6.06. The van der Waals surface area contributed by atoms with Crippen molar-refractivity contribution in [3.8, 4) is 22.6 Å². The molecule has 0 bridgehead atoms. The van der Waals surface area contributed by atoms with Crippen molar-refractivity contribution in [1.29, 1.82) is 0 Å². The molecule has 4 heteroatoms. The average molecular weight is 480 g/mol. The molecule has 0 aliphatic rings. The van der Waals surface area contributed by atoms with Gasteiger partial charge in [-0.15, -0.1) is 0 Å². The van der Waals surface area contributed by atoms with Crippen LogP contribution in [0.1, 0.15) is 41.8 Å². The molecule has 36 heavy (non-hydrogen) atoms. The van der Waals surface area contributed by atoms with Gasteiger partial charge >= 0.3 is 0 Å². The number of rotatable bonds is 11. The number of carbonyl (C=O) groups is 1. The van der Waals surface area contributed by atoms with Gasteiger partial charge in [-0.05, 0) is 73.7 Å². The quantitative estimate of drug-likeness (QED) is 0.250. The van der Waals surface area contributed by atoms with Crippen LogP contribution in [0.25, 0.3) is 11.1 Å². The van der Waals surface area contributed by atoms with E-state index in [2.05, 4.69) is 41.7 Å². The molecule has 0 aromatic heterocycles. The topological polar surface area (TPSA) is 47.6 Å². The Morgan fingerprint density at radius 3 is 2.17 bits per heavy atom. The minimum Gasteiger partial charge on any atom is -0.493 e. The number of benzene rings is 4. The van der Waals surface area contributed by atoms with Crippen LogP contribution >= 0.6 is 0 Å². The Morgan fingerprint density at radius 2 is 1.47 bits per heavy atom. The van der Waals surface area contributed by atoms with Crippen molar-refractivity contribution in [2.75, 3.05) is 6.61 Å². The fraction of sp³-hybridized carbons (Fsp3) is 0.219. The van der Waals surface area contributed by atoms with Crippen LogP contribution in [0.15, 0.2) is 103 Å². The van der Waals surface area contributed by atoms with E-state index in [4.69, 9.17) is 9.47 Å². The van der Waals surface area contributed by atoms with Gasteiger partial charge in [0.25, 0.3) is 5.91 Å². The summed E-state index contributed by atoms with van der Waals surface area (Å²) in [5.41, 5.74) is 5.02. The van der Waals surface area contributed by atoms with Crippen LogP contribution in [0.2, 0.25) is 0 Å². The summed E-state index contributed by atoms with van der Waals surface area (Å²) in [6.45, 7) is 4.84. The third-order valence-corrected chi connectivity index (χ3v) is 6.06. The molecule has 1 amide bonds. The SMILES string of the molecule is CCOc1ccc(C(=O)NC(C)CCc2ccccc2)cc1COc1ccc(-c2ccccc2)cc1. The van der Waals surface area contributed by atoms with Crippen molar-refractivity contribution in [3.63, 3.8) is 0 Å². The summed E-state index contributed by atoms with van der Waals surface area (Å²) in [5.74, 6) is 1.40. The van der Waals surface area contributed by atoms with Crippen molar-refractivity contribution in [2.45, 2.75) is 39.3 Å². The second kappa shape index (κ2) is 12.6. The third kappa shape index (κ3) is 6.98. The normalized spacial score (nSPS) is 11.5. The number of ether oxygens (including phenoxy) is 2. The lowest BCUT2D eigenvalue weighted by molar-refractivity contribution is 0.0938. The van der Waals surface area contributed by atoms with E-state index in [9.17, 15) is 4.79 Å². The Kier molecular flexibility index (Phi) is 8.77. The lowest BCUT2D eigenvalue weighted by Gasteiger charge is -2.16. The summed E-state index contributed by atoms with van der Waals surface area (Å²) in [7, 11) is 0. The Bertz CT molecular complexity index is 1240. The number of nitrogens with one attached hydrogen (secondary N) is 1. The van der Waals surface area contributed by atoms with Crippen LogP contribution < -0.4 is 14.8 Å². The highest BCUT2D eigenvalue weighted by molar-refractivity contribution is 5.94. The van der Waals surface area contributed by atoms with E-state index in [0.717, 1.165) is 35.5 Å². The second-order valence-electron chi connectivity index (χ2n) is 8.83. The number of aryl methyl sites for hydroxylation is 1. The van der Waals surface area contributed by atoms with Crippen LogP contribution in [-0.4, -0.2) is 18.6 Å². The molecular formula is C32H33NO3. The smallest absolute Gasteiger partial charge is 0.251 e. The zero-order valence-corrected chi connectivity index (χ0v) is 20.9. The molecule has 1 unspecified atom stereocenters. The molecule has 0 radical (unpaired) electrons. The van der Waals surface area contributed by atoms with Crippen molar-refractivity contribution >= 4 is 5.91 Å². The van der Waals surface area contributed by atoms with Crippen molar-refractivity contribution in [2.24, 2.45) is 0 Å². The predicted molar refractivity (Wildman–Crippen MR) is 146 cm³/mol. The van der Waals surface area contributed by atoms with E-state index in [1.54, 1.807) is 0 Å². The van der Waals surface area contributed by atoms with Gasteiger partial charge in [-0.2, -0.15) is 0 Å². The van der Waals surface area contributed by atoms with Gasteiger partial charge < -0.3 is 14.8 Å². The molecule has 0 fully saturated rings. The Hall–Kier alpha value is -4.05. The first-order valence-corrected chi connectivity index (χ1v) is 12.5. The van der Waals surface area contributed by atoms with Crippen LogP contribution in [0.5, 0.6) is 11.5 Å². The monoisotopic (exact) mass is 479 g/mol. The standard InChI is InChI=1S/C32H33NO3/c1-3-35-31-21-18-28(32(34)33-24(2)14-15-25-10-6-4-7-11-25)22-29(31)23-36-30-19-16-27(17-20-30)26-12-8-5-9-13-26/h4-13,16-22,24H,3,14-15,23H2,1-2H3,(H,33,34). The number of hydrogen-bond acceptors (Lipinski definition) is 3. The zero-order chi connectivity index (χ0) is 25.2. The molecule has 1 N–H and O–H groups in total. The molecule has 4 aromatic carbocycles. The van der Waals surface area contributed by atoms with Gasteiger partial charge in [-0.25, -0.2) is 0 Å². The van der Waals surface area contributed by atoms with E-state index in [1.165, 1.54) is 11.1 Å². The van der Waals surface area contributed by atoms with Crippen molar-refractivity contribution in [3.05, 3.63) is 120 Å². The molecule has 4 rings (SSSR count). The summed E-state index contributed by atoms with van der Waals surface area (Å²) in [5, 5.41) is 3.12. The largest absolute Gasteiger partial charge is 0.493 e. The zero-order valence-electron chi connectivity index (χ0n) is 20.9. The number of amides is 1. The summed E-state index contributed by atoms with van der Waals surface area (Å²) in [6, 6.07) is 34.2. The molecule has 184 valence electrons. The molecule has 0 aliphatic carbocycles. The Morgan fingerprint density at radius 1 is 0.806 bits per heavy atom. The molecule has 0 saturated heterocycles. The highest BCUT2D eigenvalue weighted by atomic mass is 16.5. The molecule has 0 spiro atoms. The first kappa shape index (κ1) is 25.1. The van der Waals surface area contributed by atoms with Gasteiger partial charge in [0.05, 0.1) is 6.61 Å². The van der Waals surface area contributed by atoms with Crippen LogP contribution in [-0.2, 0) is 13.0 Å². The second-order valence-corrected chi connectivity index (χ2v) is 8.83. The minimum atomic E-state index is -0.0907. The van der Waals surface area contributed by atoms with E-state index in [-0.39, 0.29) is 11.9 Å². The summed E-state index contributed by atoms with van der Waals surface area (Å²) in [6.07, 6.45) is 1.80. The fourth-order valence-corrected chi connectivity index (χ4v) is 4.07. The lowest BCUT2D eigenvalue weighted by Crippen LogP contribution is -2.33. The molecule has 0 heterocycles. The average Bonchev–Trinajstić information content (AvgIpc) is 2.93. The van der Waals surface area contributed by atoms with E-state index in [0.29, 0.717) is 18.8 Å². The van der Waals surface area contributed by atoms with Gasteiger partial charge in [-0.3, -0.25) is 4.79 Å². The maximum atomic E-state index is 12.9. The molecule has 1 atom stereocenters. The van der Waals surface area contributed by atoms with E-state index < -0.39 is 0 Å². The van der Waals surface area contributed by atoms with Gasteiger partial charge in [0.2, 0.25) is 0 Å². The van der Waals surface area contributed by atoms with Gasteiger partial charge in [-0.1, -0.05) is 72.8 Å². The van der Waals surface area contributed by atoms with Gasteiger partial charge in [0.15, 0.2) is 0 Å². The maximum absolute atomic E-state index is 12.9. The highest BCUT2D eigenvalue weighted by Crippen LogP contribution is 2.25. The minimum absolute atomic E-state index is 0.0621. The fourth-order valence-electron chi connectivity index (χ4n) is 4.07. The lowest BCUT2D eigenvalue weighted by atomic mass is 10.1. The van der Waals surface area contributed by atoms with E-state index >= 15 is 0 Å². The molecule has 0 aliphatic heterocycles. The van der Waals surface area contributed by atoms with Crippen LogP contribution in [0.3, 0.4) is 0 Å². The number of hydrogen-bond donors (Lipinski definition) is 1. The maximum Gasteiger partial charge on any atom is 0.251 e. The first-order valence-electron chi connectivity index (χ1n) is 12.5. The molecule has 4 aromatic rings. The molecule has 4 nitrogen and oxygen atoms in total. The summed E-state index contributed by atoms with van der Waals surface area (Å²) in [4.78, 5) is 12.9. The van der Waals surface area contributed by atoms with Crippen LogP contribution in [0, 0.1) is 0 Å². The van der Waals surface area contributed by atoms with Crippen LogP contribution in [0.4, 0.5) is 0 Å². The molecular weight excluding hydrogens is 446 g/mol. The van der Waals surface area contributed by atoms with Crippen molar-refractivity contribution in [1.82, 2.24) is 5.32 Å². The Labute approximate surface area is 213 Å². The highest BCUT2D eigenvalue weighted by Gasteiger charge is 2.14. The Balaban J connectivity index is 1.39. The van der Waals surface area contributed by atoms with Gasteiger partial charge in [0, 0.05) is 17.2 Å². The predicted octanol–water partition coefficient (Wildman–Crippen LogP) is 7.08. The molecule has 0 saturated carbocycles.